The number of H-pyrrole nitrogens is 1. The Morgan fingerprint density at radius 2 is 2.54 bits per heavy atom. The van der Waals surface area contributed by atoms with Gasteiger partial charge in [-0.1, -0.05) is 0 Å². The standard InChI is InChI=1S/C8H9IN2O2/c9-5-4-10-7(11-8(5)12)6-2-1-3-13-6/h4,6H,1-3H2,(H,10,11,12). The van der Waals surface area contributed by atoms with E-state index in [1.165, 1.54) is 0 Å². The Labute approximate surface area is 88.9 Å². The molecule has 2 rings (SSSR count). The maximum Gasteiger partial charge on any atom is 0.264 e. The molecule has 1 unspecified atom stereocenters. The fourth-order valence-electron chi connectivity index (χ4n) is 1.35. The van der Waals surface area contributed by atoms with Gasteiger partial charge in [-0.3, -0.25) is 4.79 Å². The van der Waals surface area contributed by atoms with E-state index in [0.717, 1.165) is 19.4 Å². The first-order valence-electron chi connectivity index (χ1n) is 4.13. The van der Waals surface area contributed by atoms with Gasteiger partial charge in [-0.15, -0.1) is 0 Å². The fourth-order valence-corrected chi connectivity index (χ4v) is 1.62. The van der Waals surface area contributed by atoms with Gasteiger partial charge in [-0.25, -0.2) is 4.98 Å². The molecule has 70 valence electrons. The van der Waals surface area contributed by atoms with Crippen LogP contribution in [0.15, 0.2) is 11.0 Å². The molecule has 1 N–H and O–H groups in total. The number of halogens is 1. The van der Waals surface area contributed by atoms with Gasteiger partial charge >= 0.3 is 0 Å². The molecule has 0 bridgehead atoms. The highest BCUT2D eigenvalue weighted by Crippen LogP contribution is 2.24. The van der Waals surface area contributed by atoms with Crippen molar-refractivity contribution in [3.63, 3.8) is 0 Å². The lowest BCUT2D eigenvalue weighted by Gasteiger charge is -2.07. The molecular weight excluding hydrogens is 283 g/mol. The fraction of sp³-hybridized carbons (Fsp3) is 0.500. The van der Waals surface area contributed by atoms with E-state index >= 15 is 0 Å². The predicted molar refractivity (Wildman–Crippen MR) is 55.5 cm³/mol. The Kier molecular flexibility index (Phi) is 2.63. The molecule has 1 atom stereocenters. The minimum absolute atomic E-state index is 0.00954. The van der Waals surface area contributed by atoms with Crippen molar-refractivity contribution in [1.29, 1.82) is 0 Å². The van der Waals surface area contributed by atoms with E-state index in [1.54, 1.807) is 6.20 Å². The van der Waals surface area contributed by atoms with Crippen LogP contribution in [0.2, 0.25) is 0 Å². The lowest BCUT2D eigenvalue weighted by molar-refractivity contribution is 0.105. The first-order valence-corrected chi connectivity index (χ1v) is 5.21. The number of ether oxygens (including phenoxy) is 1. The van der Waals surface area contributed by atoms with Crippen LogP contribution < -0.4 is 5.56 Å². The van der Waals surface area contributed by atoms with Crippen molar-refractivity contribution in [3.8, 4) is 0 Å². The number of nitrogens with zero attached hydrogens (tertiary/aromatic N) is 1. The molecule has 1 aliphatic heterocycles. The van der Waals surface area contributed by atoms with E-state index in [2.05, 4.69) is 9.97 Å². The number of hydrogen-bond donors (Lipinski definition) is 1. The monoisotopic (exact) mass is 292 g/mol. The zero-order valence-electron chi connectivity index (χ0n) is 6.92. The average molecular weight is 292 g/mol. The Hall–Kier alpha value is -0.430. The van der Waals surface area contributed by atoms with Crippen molar-refractivity contribution in [2.45, 2.75) is 18.9 Å². The van der Waals surface area contributed by atoms with Gasteiger partial charge in [0.15, 0.2) is 0 Å². The molecule has 0 radical (unpaired) electrons. The van der Waals surface area contributed by atoms with Crippen LogP contribution in [-0.4, -0.2) is 16.6 Å². The molecule has 0 saturated carbocycles. The van der Waals surface area contributed by atoms with Crippen LogP contribution in [0.4, 0.5) is 0 Å². The maximum absolute atomic E-state index is 11.2. The molecule has 5 heteroatoms. The number of hydrogen-bond acceptors (Lipinski definition) is 3. The van der Waals surface area contributed by atoms with Crippen LogP contribution in [0.3, 0.4) is 0 Å². The average Bonchev–Trinajstić information content (AvgIpc) is 2.62. The molecule has 13 heavy (non-hydrogen) atoms. The second-order valence-electron chi connectivity index (χ2n) is 2.95. The Bertz CT molecular complexity index is 357. The summed E-state index contributed by atoms with van der Waals surface area (Å²) < 4.78 is 6.01. The van der Waals surface area contributed by atoms with Gasteiger partial charge < -0.3 is 9.72 Å². The highest BCUT2D eigenvalue weighted by molar-refractivity contribution is 14.1. The molecule has 0 amide bonds. The molecule has 0 aromatic carbocycles. The molecule has 1 aromatic rings. The van der Waals surface area contributed by atoms with E-state index in [4.69, 9.17) is 4.74 Å². The molecule has 0 aliphatic carbocycles. The van der Waals surface area contributed by atoms with Crippen LogP contribution in [0.1, 0.15) is 24.8 Å². The van der Waals surface area contributed by atoms with Crippen LogP contribution >= 0.6 is 22.6 Å². The summed E-state index contributed by atoms with van der Waals surface area (Å²) >= 11 is 1.96. The summed E-state index contributed by atoms with van der Waals surface area (Å²) in [4.78, 5) is 18.1. The van der Waals surface area contributed by atoms with Crippen LogP contribution in [0.5, 0.6) is 0 Å². The third-order valence-corrected chi connectivity index (χ3v) is 2.78. The zero-order chi connectivity index (χ0) is 9.26. The molecule has 2 heterocycles. The van der Waals surface area contributed by atoms with Crippen LogP contribution in [0, 0.1) is 3.57 Å². The van der Waals surface area contributed by atoms with Crippen molar-refractivity contribution in [2.75, 3.05) is 6.61 Å². The molecule has 1 aliphatic rings. The van der Waals surface area contributed by atoms with Crippen LogP contribution in [-0.2, 0) is 4.74 Å². The zero-order valence-corrected chi connectivity index (χ0v) is 9.08. The normalized spacial score (nSPS) is 22.1. The van der Waals surface area contributed by atoms with E-state index in [9.17, 15) is 4.79 Å². The number of nitrogens with one attached hydrogen (secondary N) is 1. The Morgan fingerprint density at radius 1 is 1.69 bits per heavy atom. The van der Waals surface area contributed by atoms with Gasteiger partial charge in [-0.2, -0.15) is 0 Å². The third-order valence-electron chi connectivity index (χ3n) is 2.01. The quantitative estimate of drug-likeness (QED) is 0.792. The molecule has 1 fully saturated rings. The molecule has 0 spiro atoms. The molecule has 1 aromatic heterocycles. The van der Waals surface area contributed by atoms with Crippen molar-refractivity contribution in [2.24, 2.45) is 0 Å². The minimum Gasteiger partial charge on any atom is -0.370 e. The van der Waals surface area contributed by atoms with Crippen molar-refractivity contribution < 1.29 is 4.74 Å². The van der Waals surface area contributed by atoms with E-state index in [-0.39, 0.29) is 11.7 Å². The SMILES string of the molecule is O=c1[nH]c(C2CCCO2)ncc1I. The second-order valence-corrected chi connectivity index (χ2v) is 4.11. The van der Waals surface area contributed by atoms with Gasteiger partial charge in [0.05, 0.1) is 3.57 Å². The number of aromatic amines is 1. The topological polar surface area (TPSA) is 55.0 Å². The largest absolute Gasteiger partial charge is 0.370 e. The number of rotatable bonds is 1. The second kappa shape index (κ2) is 3.75. The van der Waals surface area contributed by atoms with Crippen molar-refractivity contribution in [3.05, 3.63) is 25.9 Å². The van der Waals surface area contributed by atoms with Crippen LogP contribution in [0.25, 0.3) is 0 Å². The summed E-state index contributed by atoms with van der Waals surface area (Å²) in [6, 6.07) is 0. The first kappa shape index (κ1) is 9.14. The van der Waals surface area contributed by atoms with E-state index in [0.29, 0.717) is 9.39 Å². The van der Waals surface area contributed by atoms with Gasteiger partial charge in [0.25, 0.3) is 5.56 Å². The lowest BCUT2D eigenvalue weighted by atomic mass is 10.2. The smallest absolute Gasteiger partial charge is 0.264 e. The molecular formula is C8H9IN2O2. The summed E-state index contributed by atoms with van der Waals surface area (Å²) in [6.45, 7) is 0.764. The lowest BCUT2D eigenvalue weighted by Crippen LogP contribution is -2.15. The Morgan fingerprint density at radius 3 is 3.15 bits per heavy atom. The summed E-state index contributed by atoms with van der Waals surface area (Å²) in [7, 11) is 0. The maximum atomic E-state index is 11.2. The van der Waals surface area contributed by atoms with Crippen molar-refractivity contribution >= 4 is 22.6 Å². The number of aromatic nitrogens is 2. The minimum atomic E-state index is -0.0823. The predicted octanol–water partition coefficient (Wildman–Crippen LogP) is 1.23. The molecule has 1 saturated heterocycles. The third kappa shape index (κ3) is 1.91. The highest BCUT2D eigenvalue weighted by atomic mass is 127. The Balaban J connectivity index is 2.30. The van der Waals surface area contributed by atoms with Gasteiger partial charge in [0.1, 0.15) is 11.9 Å². The highest BCUT2D eigenvalue weighted by Gasteiger charge is 2.19. The van der Waals surface area contributed by atoms with Gasteiger partial charge in [0.2, 0.25) is 0 Å². The van der Waals surface area contributed by atoms with E-state index < -0.39 is 0 Å². The summed E-state index contributed by atoms with van der Waals surface area (Å²) in [5.74, 6) is 0.655. The summed E-state index contributed by atoms with van der Waals surface area (Å²) in [5, 5.41) is 0. The van der Waals surface area contributed by atoms with Gasteiger partial charge in [0, 0.05) is 12.8 Å². The molecule has 4 nitrogen and oxygen atoms in total. The summed E-state index contributed by atoms with van der Waals surface area (Å²) in [6.07, 6.45) is 3.56. The first-order chi connectivity index (χ1) is 6.27. The van der Waals surface area contributed by atoms with Gasteiger partial charge in [-0.05, 0) is 35.4 Å². The van der Waals surface area contributed by atoms with E-state index in [1.807, 2.05) is 22.6 Å². The summed E-state index contributed by atoms with van der Waals surface area (Å²) in [5.41, 5.74) is -0.0823. The van der Waals surface area contributed by atoms with Crippen molar-refractivity contribution in [1.82, 2.24) is 9.97 Å².